The van der Waals surface area contributed by atoms with E-state index in [0.29, 0.717) is 34.7 Å². The normalized spacial score (nSPS) is 10.7. The average molecular weight is 364 g/mol. The fraction of sp³-hybridized carbons (Fsp3) is 0.167. The molecule has 0 unspecified atom stereocenters. The first-order valence-corrected chi connectivity index (χ1v) is 8.14. The predicted octanol–water partition coefficient (Wildman–Crippen LogP) is 2.46. The number of hydrogen-bond acceptors (Lipinski definition) is 8. The quantitative estimate of drug-likeness (QED) is 0.514. The van der Waals surface area contributed by atoms with Crippen LogP contribution in [0.4, 0.5) is 0 Å². The smallest absolute Gasteiger partial charge is 0.248 e. The van der Waals surface area contributed by atoms with Crippen molar-refractivity contribution in [3.05, 3.63) is 54.4 Å². The van der Waals surface area contributed by atoms with Gasteiger partial charge < -0.3 is 13.9 Å². The molecule has 0 radical (unpaired) electrons. The highest BCUT2D eigenvalue weighted by Gasteiger charge is 2.13. The van der Waals surface area contributed by atoms with Gasteiger partial charge in [0.25, 0.3) is 0 Å². The maximum atomic E-state index is 5.73. The summed E-state index contributed by atoms with van der Waals surface area (Å²) in [6.45, 7) is 0.216. The SMILES string of the molecule is COc1cc(OC)cc(-c2nnc(Cn3nnc(-c4ccccc4)n3)o2)c1. The topological polar surface area (TPSA) is 101 Å². The van der Waals surface area contributed by atoms with Crippen molar-refractivity contribution in [2.75, 3.05) is 14.2 Å². The summed E-state index contributed by atoms with van der Waals surface area (Å²) >= 11 is 0. The third-order valence-electron chi connectivity index (χ3n) is 3.83. The lowest BCUT2D eigenvalue weighted by Crippen LogP contribution is -2.04. The molecule has 2 heterocycles. The van der Waals surface area contributed by atoms with E-state index in [9.17, 15) is 0 Å². The molecule has 0 spiro atoms. The number of nitrogens with zero attached hydrogens (tertiary/aromatic N) is 6. The molecule has 0 aliphatic heterocycles. The van der Waals surface area contributed by atoms with Crippen molar-refractivity contribution in [1.29, 1.82) is 0 Å². The number of benzene rings is 2. The minimum atomic E-state index is 0.216. The first kappa shape index (κ1) is 16.7. The van der Waals surface area contributed by atoms with Crippen molar-refractivity contribution < 1.29 is 13.9 Å². The highest BCUT2D eigenvalue weighted by molar-refractivity contribution is 5.59. The summed E-state index contributed by atoms with van der Waals surface area (Å²) in [5.74, 6) is 2.52. The van der Waals surface area contributed by atoms with Crippen molar-refractivity contribution >= 4 is 0 Å². The molecular weight excluding hydrogens is 348 g/mol. The van der Waals surface area contributed by atoms with Crippen molar-refractivity contribution in [2.24, 2.45) is 0 Å². The predicted molar refractivity (Wildman–Crippen MR) is 95.2 cm³/mol. The van der Waals surface area contributed by atoms with Gasteiger partial charge in [0.1, 0.15) is 18.0 Å². The Morgan fingerprint density at radius 3 is 2.33 bits per heavy atom. The van der Waals surface area contributed by atoms with Crippen LogP contribution in [0.5, 0.6) is 11.5 Å². The summed E-state index contributed by atoms with van der Waals surface area (Å²) in [5, 5.41) is 20.6. The first-order valence-electron chi connectivity index (χ1n) is 8.14. The van der Waals surface area contributed by atoms with E-state index in [4.69, 9.17) is 13.9 Å². The van der Waals surface area contributed by atoms with Gasteiger partial charge in [-0.3, -0.25) is 0 Å². The molecule has 2 aromatic heterocycles. The molecule has 0 atom stereocenters. The van der Waals surface area contributed by atoms with Gasteiger partial charge in [-0.25, -0.2) is 0 Å². The molecule has 2 aromatic carbocycles. The molecule has 0 aliphatic rings. The third kappa shape index (κ3) is 3.61. The lowest BCUT2D eigenvalue weighted by atomic mass is 10.2. The maximum absolute atomic E-state index is 5.73. The summed E-state index contributed by atoms with van der Waals surface area (Å²) in [4.78, 5) is 1.41. The van der Waals surface area contributed by atoms with E-state index in [-0.39, 0.29) is 6.54 Å². The summed E-state index contributed by atoms with van der Waals surface area (Å²) in [5.41, 5.74) is 1.58. The van der Waals surface area contributed by atoms with Crippen LogP contribution < -0.4 is 9.47 Å². The summed E-state index contributed by atoms with van der Waals surface area (Å²) in [6, 6.07) is 15.0. The lowest BCUT2D eigenvalue weighted by Gasteiger charge is -2.05. The molecular formula is C18H16N6O3. The van der Waals surface area contributed by atoms with E-state index in [1.807, 2.05) is 30.3 Å². The largest absolute Gasteiger partial charge is 0.497 e. The van der Waals surface area contributed by atoms with Gasteiger partial charge in [-0.15, -0.1) is 20.4 Å². The highest BCUT2D eigenvalue weighted by Crippen LogP contribution is 2.29. The number of tetrazole rings is 1. The zero-order valence-corrected chi connectivity index (χ0v) is 14.7. The van der Waals surface area contributed by atoms with Gasteiger partial charge in [0.2, 0.25) is 17.6 Å². The Kier molecular flexibility index (Phi) is 4.48. The fourth-order valence-electron chi connectivity index (χ4n) is 2.50. The van der Waals surface area contributed by atoms with E-state index in [1.165, 1.54) is 4.80 Å². The molecule has 0 N–H and O–H groups in total. The third-order valence-corrected chi connectivity index (χ3v) is 3.83. The molecule has 4 aromatic rings. The average Bonchev–Trinajstić information content (AvgIpc) is 3.38. The Balaban J connectivity index is 1.55. The van der Waals surface area contributed by atoms with Crippen LogP contribution in [-0.2, 0) is 6.54 Å². The number of hydrogen-bond donors (Lipinski definition) is 0. The van der Waals surface area contributed by atoms with E-state index in [0.717, 1.165) is 5.56 Å². The standard InChI is InChI=1S/C18H16N6O3/c1-25-14-8-13(9-15(10-14)26-2)18-21-19-16(27-18)11-24-22-17(20-23-24)12-6-4-3-5-7-12/h3-10H,11H2,1-2H3. The van der Waals surface area contributed by atoms with Gasteiger partial charge >= 0.3 is 0 Å². The van der Waals surface area contributed by atoms with Crippen LogP contribution in [0.15, 0.2) is 52.9 Å². The van der Waals surface area contributed by atoms with Crippen LogP contribution in [0.2, 0.25) is 0 Å². The van der Waals surface area contributed by atoms with Crippen molar-refractivity contribution in [3.8, 4) is 34.3 Å². The lowest BCUT2D eigenvalue weighted by molar-refractivity contribution is 0.394. The molecule has 0 bridgehead atoms. The number of ether oxygens (including phenoxy) is 2. The van der Waals surface area contributed by atoms with Crippen LogP contribution in [0.25, 0.3) is 22.8 Å². The molecule has 0 saturated heterocycles. The molecule has 9 nitrogen and oxygen atoms in total. The van der Waals surface area contributed by atoms with Gasteiger partial charge in [0.15, 0.2) is 0 Å². The van der Waals surface area contributed by atoms with Gasteiger partial charge in [-0.1, -0.05) is 30.3 Å². The highest BCUT2D eigenvalue weighted by atomic mass is 16.5. The van der Waals surface area contributed by atoms with Crippen molar-refractivity contribution in [1.82, 2.24) is 30.4 Å². The second kappa shape index (κ2) is 7.24. The van der Waals surface area contributed by atoms with E-state index < -0.39 is 0 Å². The molecule has 136 valence electrons. The maximum Gasteiger partial charge on any atom is 0.248 e. The van der Waals surface area contributed by atoms with Crippen LogP contribution in [-0.4, -0.2) is 44.6 Å². The van der Waals surface area contributed by atoms with Gasteiger partial charge in [0, 0.05) is 17.2 Å². The molecule has 0 aliphatic carbocycles. The van der Waals surface area contributed by atoms with Crippen LogP contribution >= 0.6 is 0 Å². The zero-order valence-electron chi connectivity index (χ0n) is 14.7. The van der Waals surface area contributed by atoms with E-state index >= 15 is 0 Å². The number of aromatic nitrogens is 6. The van der Waals surface area contributed by atoms with Crippen molar-refractivity contribution in [3.63, 3.8) is 0 Å². The fourth-order valence-corrected chi connectivity index (χ4v) is 2.50. The summed E-state index contributed by atoms with van der Waals surface area (Å²) < 4.78 is 16.3. The minimum absolute atomic E-state index is 0.216. The van der Waals surface area contributed by atoms with E-state index in [2.05, 4.69) is 25.6 Å². The first-order chi connectivity index (χ1) is 13.2. The Morgan fingerprint density at radius 2 is 1.63 bits per heavy atom. The van der Waals surface area contributed by atoms with Crippen LogP contribution in [0.1, 0.15) is 5.89 Å². The molecule has 27 heavy (non-hydrogen) atoms. The monoisotopic (exact) mass is 364 g/mol. The molecule has 9 heteroatoms. The van der Waals surface area contributed by atoms with Gasteiger partial charge in [-0.05, 0) is 17.3 Å². The van der Waals surface area contributed by atoms with Gasteiger partial charge in [-0.2, -0.15) is 4.80 Å². The minimum Gasteiger partial charge on any atom is -0.497 e. The van der Waals surface area contributed by atoms with Crippen LogP contribution in [0, 0.1) is 0 Å². The summed E-state index contributed by atoms with van der Waals surface area (Å²) in [7, 11) is 3.16. The molecule has 0 amide bonds. The Bertz CT molecular complexity index is 1020. The van der Waals surface area contributed by atoms with Gasteiger partial charge in [0.05, 0.1) is 14.2 Å². The molecule has 0 fully saturated rings. The molecule has 4 rings (SSSR count). The molecule has 0 saturated carbocycles. The Morgan fingerprint density at radius 1 is 0.889 bits per heavy atom. The number of methoxy groups -OCH3 is 2. The zero-order chi connectivity index (χ0) is 18.6. The van der Waals surface area contributed by atoms with Crippen molar-refractivity contribution in [2.45, 2.75) is 6.54 Å². The second-order valence-electron chi connectivity index (χ2n) is 5.61. The Labute approximate surface area is 154 Å². The second-order valence-corrected chi connectivity index (χ2v) is 5.61. The van der Waals surface area contributed by atoms with Crippen LogP contribution in [0.3, 0.4) is 0 Å². The summed E-state index contributed by atoms with van der Waals surface area (Å²) in [6.07, 6.45) is 0. The number of rotatable bonds is 6. The Hall–Kier alpha value is -3.75. The van der Waals surface area contributed by atoms with E-state index in [1.54, 1.807) is 32.4 Å².